The van der Waals surface area contributed by atoms with Gasteiger partial charge in [-0.3, -0.25) is 4.79 Å². The van der Waals surface area contributed by atoms with Crippen molar-refractivity contribution in [1.29, 1.82) is 0 Å². The summed E-state index contributed by atoms with van der Waals surface area (Å²) in [5, 5.41) is 3.66. The highest BCUT2D eigenvalue weighted by Crippen LogP contribution is 2.35. The van der Waals surface area contributed by atoms with Crippen LogP contribution in [0, 0.1) is 0 Å². The molecule has 0 spiro atoms. The number of carbonyl (C=O) groups excluding carboxylic acids is 1. The molecule has 3 N–H and O–H groups in total. The molecule has 6 heteroatoms. The van der Waals surface area contributed by atoms with Gasteiger partial charge in [0.1, 0.15) is 14.6 Å². The molecule has 0 saturated carbocycles. The SMILES string of the molecule is Nc1nc(-c2ccc3c(c2)CC(=O)N3)sc1Br. The van der Waals surface area contributed by atoms with Crippen molar-refractivity contribution >= 4 is 44.7 Å². The molecule has 0 saturated heterocycles. The van der Waals surface area contributed by atoms with Gasteiger partial charge in [0.2, 0.25) is 5.91 Å². The topological polar surface area (TPSA) is 68.0 Å². The lowest BCUT2D eigenvalue weighted by Crippen LogP contribution is -2.03. The highest BCUT2D eigenvalue weighted by Gasteiger charge is 2.18. The van der Waals surface area contributed by atoms with Crippen LogP contribution in [0.1, 0.15) is 5.56 Å². The number of carbonyl (C=O) groups is 1. The molecule has 86 valence electrons. The minimum Gasteiger partial charge on any atom is -0.382 e. The molecule has 1 aliphatic heterocycles. The van der Waals surface area contributed by atoms with E-state index in [1.807, 2.05) is 18.2 Å². The first-order chi connectivity index (χ1) is 8.13. The molecule has 1 aromatic carbocycles. The number of aromatic nitrogens is 1. The molecule has 1 aromatic heterocycles. The maximum atomic E-state index is 11.3. The first kappa shape index (κ1) is 10.7. The number of amides is 1. The minimum atomic E-state index is 0.0389. The van der Waals surface area contributed by atoms with Crippen molar-refractivity contribution in [2.24, 2.45) is 0 Å². The predicted molar refractivity (Wildman–Crippen MR) is 72.0 cm³/mol. The van der Waals surface area contributed by atoms with Gasteiger partial charge < -0.3 is 11.1 Å². The van der Waals surface area contributed by atoms with Gasteiger partial charge in [0.15, 0.2) is 0 Å². The summed E-state index contributed by atoms with van der Waals surface area (Å²) >= 11 is 4.84. The number of nitrogens with two attached hydrogens (primary N) is 1. The molecule has 0 radical (unpaired) electrons. The first-order valence-corrected chi connectivity index (χ1v) is 6.59. The molecule has 17 heavy (non-hydrogen) atoms. The molecule has 2 aromatic rings. The van der Waals surface area contributed by atoms with E-state index in [4.69, 9.17) is 5.73 Å². The number of nitrogens with zero attached hydrogens (tertiary/aromatic N) is 1. The van der Waals surface area contributed by atoms with Crippen molar-refractivity contribution < 1.29 is 4.79 Å². The third kappa shape index (κ3) is 1.83. The summed E-state index contributed by atoms with van der Waals surface area (Å²) in [5.74, 6) is 0.539. The molecule has 0 bridgehead atoms. The lowest BCUT2D eigenvalue weighted by molar-refractivity contribution is -0.115. The Balaban J connectivity index is 2.05. The van der Waals surface area contributed by atoms with Crippen molar-refractivity contribution in [1.82, 2.24) is 4.98 Å². The lowest BCUT2D eigenvalue weighted by atomic mass is 10.1. The molecule has 3 rings (SSSR count). The number of hydrogen-bond donors (Lipinski definition) is 2. The van der Waals surface area contributed by atoms with E-state index in [0.717, 1.165) is 25.6 Å². The van der Waals surface area contributed by atoms with Gasteiger partial charge in [-0.05, 0) is 39.7 Å². The van der Waals surface area contributed by atoms with Crippen LogP contribution >= 0.6 is 27.3 Å². The average molecular weight is 310 g/mol. The van der Waals surface area contributed by atoms with Crippen LogP contribution in [0.4, 0.5) is 11.5 Å². The van der Waals surface area contributed by atoms with Crippen LogP contribution in [0.2, 0.25) is 0 Å². The smallest absolute Gasteiger partial charge is 0.228 e. The van der Waals surface area contributed by atoms with E-state index in [-0.39, 0.29) is 5.91 Å². The zero-order chi connectivity index (χ0) is 12.0. The maximum Gasteiger partial charge on any atom is 0.228 e. The monoisotopic (exact) mass is 309 g/mol. The highest BCUT2D eigenvalue weighted by molar-refractivity contribution is 9.11. The molecule has 2 heterocycles. The van der Waals surface area contributed by atoms with Gasteiger partial charge in [-0.2, -0.15) is 0 Å². The molecule has 0 aliphatic carbocycles. The third-order valence-electron chi connectivity index (χ3n) is 2.59. The molecule has 0 atom stereocenters. The largest absolute Gasteiger partial charge is 0.382 e. The fourth-order valence-electron chi connectivity index (χ4n) is 1.80. The zero-order valence-corrected chi connectivity index (χ0v) is 11.1. The molecular weight excluding hydrogens is 302 g/mol. The van der Waals surface area contributed by atoms with Crippen LogP contribution in [0.25, 0.3) is 10.6 Å². The lowest BCUT2D eigenvalue weighted by Gasteiger charge is -2.00. The Hall–Kier alpha value is -1.40. The number of fused-ring (bicyclic) bond motifs is 1. The van der Waals surface area contributed by atoms with E-state index >= 15 is 0 Å². The summed E-state index contributed by atoms with van der Waals surface area (Å²) < 4.78 is 0.835. The Morgan fingerprint density at radius 2 is 2.29 bits per heavy atom. The minimum absolute atomic E-state index is 0.0389. The standard InChI is InChI=1S/C11H8BrN3OS/c12-9-10(13)15-11(17-9)5-1-2-7-6(3-5)4-8(16)14-7/h1-3H,4,13H2,(H,14,16). The maximum absolute atomic E-state index is 11.3. The van der Waals surface area contributed by atoms with Crippen LogP contribution in [-0.2, 0) is 11.2 Å². The van der Waals surface area contributed by atoms with Crippen LogP contribution in [0.3, 0.4) is 0 Å². The normalized spacial score (nSPS) is 13.6. The highest BCUT2D eigenvalue weighted by atomic mass is 79.9. The fraction of sp³-hybridized carbons (Fsp3) is 0.0909. The Bertz CT molecular complexity index is 604. The predicted octanol–water partition coefficient (Wildman–Crippen LogP) is 2.65. The summed E-state index contributed by atoms with van der Waals surface area (Å²) in [6.07, 6.45) is 0.436. The summed E-state index contributed by atoms with van der Waals surface area (Å²) in [6.45, 7) is 0. The number of hydrogen-bond acceptors (Lipinski definition) is 4. The van der Waals surface area contributed by atoms with Gasteiger partial charge in [-0.1, -0.05) is 0 Å². The molecule has 1 aliphatic rings. The number of nitrogens with one attached hydrogen (secondary N) is 1. The Kier molecular flexibility index (Phi) is 2.41. The van der Waals surface area contributed by atoms with Gasteiger partial charge in [0, 0.05) is 11.3 Å². The number of rotatable bonds is 1. The van der Waals surface area contributed by atoms with E-state index in [1.165, 1.54) is 11.3 Å². The fourth-order valence-corrected chi connectivity index (χ4v) is 3.06. The van der Waals surface area contributed by atoms with Gasteiger partial charge in [0.25, 0.3) is 0 Å². The number of benzene rings is 1. The van der Waals surface area contributed by atoms with Crippen LogP contribution < -0.4 is 11.1 Å². The van der Waals surface area contributed by atoms with Gasteiger partial charge in [-0.15, -0.1) is 11.3 Å². The number of anilines is 2. The molecule has 0 unspecified atom stereocenters. The van der Waals surface area contributed by atoms with Gasteiger partial charge in [-0.25, -0.2) is 4.98 Å². The van der Waals surface area contributed by atoms with Crippen molar-refractivity contribution in [3.63, 3.8) is 0 Å². The molecular formula is C11H8BrN3OS. The van der Waals surface area contributed by atoms with E-state index in [0.29, 0.717) is 12.2 Å². The Labute approximate surface area is 110 Å². The van der Waals surface area contributed by atoms with Crippen molar-refractivity contribution in [2.75, 3.05) is 11.1 Å². The summed E-state index contributed by atoms with van der Waals surface area (Å²) in [6, 6.07) is 5.83. The second-order valence-corrected chi connectivity index (χ2v) is 6.09. The number of thiazole rings is 1. The van der Waals surface area contributed by atoms with E-state index in [2.05, 4.69) is 26.2 Å². The van der Waals surface area contributed by atoms with Crippen molar-refractivity contribution in [3.8, 4) is 10.6 Å². The quantitative estimate of drug-likeness (QED) is 0.851. The summed E-state index contributed by atoms with van der Waals surface area (Å²) in [5.41, 5.74) is 8.59. The first-order valence-electron chi connectivity index (χ1n) is 4.98. The molecule has 4 nitrogen and oxygen atoms in total. The summed E-state index contributed by atoms with van der Waals surface area (Å²) in [7, 11) is 0. The van der Waals surface area contributed by atoms with E-state index < -0.39 is 0 Å². The average Bonchev–Trinajstić information content (AvgIpc) is 2.80. The zero-order valence-electron chi connectivity index (χ0n) is 8.66. The van der Waals surface area contributed by atoms with Crippen molar-refractivity contribution in [3.05, 3.63) is 27.5 Å². The van der Waals surface area contributed by atoms with Crippen molar-refractivity contribution in [2.45, 2.75) is 6.42 Å². The Morgan fingerprint density at radius 1 is 1.47 bits per heavy atom. The third-order valence-corrected chi connectivity index (χ3v) is 4.39. The van der Waals surface area contributed by atoms with Gasteiger partial charge >= 0.3 is 0 Å². The second kappa shape index (κ2) is 3.82. The summed E-state index contributed by atoms with van der Waals surface area (Å²) in [4.78, 5) is 15.5. The molecule has 1 amide bonds. The Morgan fingerprint density at radius 3 is 3.00 bits per heavy atom. The number of halogens is 1. The van der Waals surface area contributed by atoms with Crippen LogP contribution in [0.15, 0.2) is 22.0 Å². The number of nitrogen functional groups attached to an aromatic ring is 1. The van der Waals surface area contributed by atoms with Crippen LogP contribution in [-0.4, -0.2) is 10.9 Å². The van der Waals surface area contributed by atoms with Gasteiger partial charge in [0.05, 0.1) is 6.42 Å². The second-order valence-electron chi connectivity index (χ2n) is 3.77. The van der Waals surface area contributed by atoms with Crippen LogP contribution in [0.5, 0.6) is 0 Å². The van der Waals surface area contributed by atoms with E-state index in [9.17, 15) is 4.79 Å². The molecule has 0 fully saturated rings. The van der Waals surface area contributed by atoms with E-state index in [1.54, 1.807) is 0 Å².